The van der Waals surface area contributed by atoms with Crippen LogP contribution in [0.2, 0.25) is 0 Å². The highest BCUT2D eigenvalue weighted by Gasteiger charge is 2.58. The van der Waals surface area contributed by atoms with E-state index in [4.69, 9.17) is 16.2 Å². The molecule has 1 aromatic heterocycles. The summed E-state index contributed by atoms with van der Waals surface area (Å²) in [6, 6.07) is 9.49. The minimum absolute atomic E-state index is 0.0291. The second-order valence-electron chi connectivity index (χ2n) is 7.99. The Labute approximate surface area is 169 Å². The molecule has 2 aliphatic rings. The number of nitrogens with zero attached hydrogens (tertiary/aromatic N) is 1. The van der Waals surface area contributed by atoms with Gasteiger partial charge in [-0.15, -0.1) is 0 Å². The van der Waals surface area contributed by atoms with E-state index in [2.05, 4.69) is 4.98 Å². The number of pyridine rings is 1. The van der Waals surface area contributed by atoms with Gasteiger partial charge in [-0.05, 0) is 54.2 Å². The lowest BCUT2D eigenvalue weighted by molar-refractivity contribution is 0.0991. The van der Waals surface area contributed by atoms with Gasteiger partial charge in [-0.25, -0.2) is 4.98 Å². The monoisotopic (exact) mass is 395 g/mol. The summed E-state index contributed by atoms with van der Waals surface area (Å²) < 4.78 is 5.78. The van der Waals surface area contributed by atoms with Gasteiger partial charge < -0.3 is 21.3 Å². The summed E-state index contributed by atoms with van der Waals surface area (Å²) in [5.74, 6) is -0.721. The first-order chi connectivity index (χ1) is 13.8. The number of aliphatic hydroxyl groups is 1. The second kappa shape index (κ2) is 7.24. The van der Waals surface area contributed by atoms with Gasteiger partial charge in [-0.2, -0.15) is 0 Å². The van der Waals surface area contributed by atoms with Gasteiger partial charge >= 0.3 is 0 Å². The van der Waals surface area contributed by atoms with Gasteiger partial charge in [0.2, 0.25) is 5.91 Å². The number of methoxy groups -OCH3 is 1. The van der Waals surface area contributed by atoms with Gasteiger partial charge in [0.15, 0.2) is 0 Å². The van der Waals surface area contributed by atoms with E-state index in [9.17, 15) is 14.7 Å². The van der Waals surface area contributed by atoms with Gasteiger partial charge in [0.25, 0.3) is 5.91 Å². The van der Waals surface area contributed by atoms with Gasteiger partial charge in [0, 0.05) is 12.7 Å². The molecule has 0 aliphatic heterocycles. The van der Waals surface area contributed by atoms with Crippen molar-refractivity contribution in [2.75, 3.05) is 7.11 Å². The molecule has 0 spiro atoms. The predicted octanol–water partition coefficient (Wildman–Crippen LogP) is 1.81. The summed E-state index contributed by atoms with van der Waals surface area (Å²) in [5, 5.41) is 9.95. The third-order valence-electron chi connectivity index (χ3n) is 6.33. The molecule has 7 nitrogen and oxygen atoms in total. The Morgan fingerprint density at radius 3 is 2.28 bits per heavy atom. The summed E-state index contributed by atoms with van der Waals surface area (Å²) in [6.45, 7) is 1.65. The second-order valence-corrected chi connectivity index (χ2v) is 7.99. The van der Waals surface area contributed by atoms with Crippen molar-refractivity contribution in [3.63, 3.8) is 0 Å². The van der Waals surface area contributed by atoms with Crippen LogP contribution in [-0.2, 0) is 4.74 Å². The smallest absolute Gasteiger partial charge is 0.267 e. The predicted molar refractivity (Wildman–Crippen MR) is 106 cm³/mol. The van der Waals surface area contributed by atoms with Gasteiger partial charge in [0.1, 0.15) is 11.8 Å². The number of ether oxygens (including phenoxy) is 1. The fourth-order valence-electron chi connectivity index (χ4n) is 5.08. The van der Waals surface area contributed by atoms with Gasteiger partial charge in [-0.3, -0.25) is 9.59 Å². The molecule has 2 saturated carbocycles. The molecule has 7 heteroatoms. The van der Waals surface area contributed by atoms with E-state index in [0.717, 1.165) is 11.1 Å². The van der Waals surface area contributed by atoms with E-state index >= 15 is 0 Å². The van der Waals surface area contributed by atoms with E-state index in [1.54, 1.807) is 14.0 Å². The summed E-state index contributed by atoms with van der Waals surface area (Å²) in [6.07, 6.45) is 0.487. The average Bonchev–Trinajstić information content (AvgIpc) is 3.17. The molecule has 1 aromatic carbocycles. The fourth-order valence-corrected chi connectivity index (χ4v) is 5.08. The Balaban J connectivity index is 1.95. The molecule has 152 valence electrons. The van der Waals surface area contributed by atoms with Gasteiger partial charge in [0.05, 0.1) is 11.8 Å². The van der Waals surface area contributed by atoms with E-state index in [0.29, 0.717) is 29.7 Å². The molecule has 0 bridgehead atoms. The number of hydrogen-bond acceptors (Lipinski definition) is 5. The minimum Gasteiger partial charge on any atom is -0.393 e. The fraction of sp³-hybridized carbons (Fsp3) is 0.409. The zero-order valence-corrected chi connectivity index (χ0v) is 16.5. The van der Waals surface area contributed by atoms with Gasteiger partial charge in [-0.1, -0.05) is 30.3 Å². The van der Waals surface area contributed by atoms with Crippen molar-refractivity contribution in [3.8, 4) is 0 Å². The minimum atomic E-state index is -0.716. The lowest BCUT2D eigenvalue weighted by atomic mass is 9.88. The number of aliphatic hydroxyl groups excluding tert-OH is 1. The first kappa shape index (κ1) is 19.5. The van der Waals surface area contributed by atoms with Crippen LogP contribution >= 0.6 is 0 Å². The molecule has 29 heavy (non-hydrogen) atoms. The first-order valence-electron chi connectivity index (χ1n) is 9.74. The van der Waals surface area contributed by atoms with Crippen molar-refractivity contribution >= 4 is 11.8 Å². The first-order valence-corrected chi connectivity index (χ1v) is 9.74. The molecule has 5 atom stereocenters. The number of amides is 2. The summed E-state index contributed by atoms with van der Waals surface area (Å²) >= 11 is 0. The van der Waals surface area contributed by atoms with Crippen molar-refractivity contribution in [2.45, 2.75) is 37.9 Å². The van der Waals surface area contributed by atoms with E-state index < -0.39 is 17.9 Å². The maximum Gasteiger partial charge on any atom is 0.267 e. The summed E-state index contributed by atoms with van der Waals surface area (Å²) in [7, 11) is 1.56. The van der Waals surface area contributed by atoms with Crippen molar-refractivity contribution in [3.05, 3.63) is 64.0 Å². The molecule has 2 fully saturated rings. The molecule has 0 saturated heterocycles. The Morgan fingerprint density at radius 1 is 1.14 bits per heavy atom. The number of nitrogens with two attached hydrogens (primary N) is 2. The number of rotatable bonds is 6. The van der Waals surface area contributed by atoms with Crippen molar-refractivity contribution in [2.24, 2.45) is 23.3 Å². The van der Waals surface area contributed by atoms with Crippen molar-refractivity contribution < 1.29 is 19.4 Å². The Morgan fingerprint density at radius 2 is 1.76 bits per heavy atom. The van der Waals surface area contributed by atoms with E-state index in [1.165, 1.54) is 0 Å². The molecule has 5 N–H and O–H groups in total. The standard InChI is InChI=1S/C22H25N3O4/c1-10-15(21(23)27)17(16-13-8-12(26)9-14(13)16)19(25-18(10)22(24)28)20(29-2)11-6-4-3-5-7-11/h3-7,12-14,16,20,26H,8-9H2,1-2H3,(H2,23,27)(H2,24,28)/t12?,13-,14+,16?,20?. The molecular formula is C22H25N3O4. The number of hydrogen-bond donors (Lipinski definition) is 3. The average molecular weight is 395 g/mol. The summed E-state index contributed by atoms with van der Waals surface area (Å²) in [4.78, 5) is 29.2. The Kier molecular flexibility index (Phi) is 4.88. The van der Waals surface area contributed by atoms with Crippen molar-refractivity contribution in [1.29, 1.82) is 0 Å². The number of carbonyl (C=O) groups is 2. The highest BCUT2D eigenvalue weighted by Crippen LogP contribution is 2.64. The lowest BCUT2D eigenvalue weighted by Gasteiger charge is -2.24. The maximum absolute atomic E-state index is 12.5. The molecule has 2 aliphatic carbocycles. The topological polar surface area (TPSA) is 129 Å². The Bertz CT molecular complexity index is 964. The number of fused-ring (bicyclic) bond motifs is 1. The number of carbonyl (C=O) groups excluding carboxylic acids is 2. The number of benzene rings is 1. The van der Waals surface area contributed by atoms with Crippen LogP contribution in [0.1, 0.15) is 68.1 Å². The van der Waals surface area contributed by atoms with Crippen LogP contribution in [0.15, 0.2) is 30.3 Å². The quantitative estimate of drug-likeness (QED) is 0.687. The largest absolute Gasteiger partial charge is 0.393 e. The highest BCUT2D eigenvalue weighted by molar-refractivity contribution is 6.01. The molecule has 0 radical (unpaired) electrons. The molecular weight excluding hydrogens is 370 g/mol. The molecule has 1 heterocycles. The van der Waals surface area contributed by atoms with E-state index in [1.807, 2.05) is 30.3 Å². The van der Waals surface area contributed by atoms with E-state index in [-0.39, 0.29) is 29.6 Å². The Hall–Kier alpha value is -2.77. The highest BCUT2D eigenvalue weighted by atomic mass is 16.5. The molecule has 3 unspecified atom stereocenters. The van der Waals surface area contributed by atoms with Crippen LogP contribution in [0.25, 0.3) is 0 Å². The lowest BCUT2D eigenvalue weighted by Crippen LogP contribution is -2.26. The SMILES string of the molecule is COC(c1ccccc1)c1nc(C(N)=O)c(C)c(C(N)=O)c1C1[C@H]2CC(O)C[C@@H]12. The van der Waals surface area contributed by atoms with Crippen molar-refractivity contribution in [1.82, 2.24) is 4.98 Å². The van der Waals surface area contributed by atoms with Crippen LogP contribution in [0.4, 0.5) is 0 Å². The number of aromatic nitrogens is 1. The summed E-state index contributed by atoms with van der Waals surface area (Å²) in [5.41, 5.74) is 14.1. The third-order valence-corrected chi connectivity index (χ3v) is 6.33. The molecule has 2 aromatic rings. The van der Waals surface area contributed by atoms with Crippen LogP contribution in [0.3, 0.4) is 0 Å². The van der Waals surface area contributed by atoms with Crippen LogP contribution in [0.5, 0.6) is 0 Å². The number of primary amides is 2. The zero-order valence-electron chi connectivity index (χ0n) is 16.5. The zero-order chi connectivity index (χ0) is 20.9. The van der Waals surface area contributed by atoms with Crippen LogP contribution in [0, 0.1) is 18.8 Å². The third kappa shape index (κ3) is 3.20. The normalized spacial score (nSPS) is 26.0. The van der Waals surface area contributed by atoms with Crippen LogP contribution in [-0.4, -0.2) is 35.1 Å². The van der Waals surface area contributed by atoms with Crippen LogP contribution < -0.4 is 11.5 Å². The maximum atomic E-state index is 12.5. The molecule has 2 amide bonds. The molecule has 4 rings (SSSR count).